The second-order valence-corrected chi connectivity index (χ2v) is 7.73. The molecule has 1 atom stereocenters. The number of carbonyl (C=O) groups is 1. The van der Waals surface area contributed by atoms with E-state index in [0.29, 0.717) is 6.04 Å². The van der Waals surface area contributed by atoms with E-state index in [9.17, 15) is 4.79 Å². The van der Waals surface area contributed by atoms with Gasteiger partial charge >= 0.3 is 0 Å². The van der Waals surface area contributed by atoms with Crippen LogP contribution in [-0.4, -0.2) is 38.7 Å². The van der Waals surface area contributed by atoms with E-state index in [4.69, 9.17) is 10.3 Å². The molecule has 3 aromatic rings. The monoisotopic (exact) mass is 404 g/mol. The Balaban J connectivity index is 1.46. The van der Waals surface area contributed by atoms with Crippen molar-refractivity contribution in [3.05, 3.63) is 77.1 Å². The SMILES string of the molecule is CCc1nn2ccccc2c1CCN1CCC[C@H]1c1ccc(C=CC(=O)NO)cc1. The van der Waals surface area contributed by atoms with E-state index in [1.54, 1.807) is 11.6 Å². The number of hydroxylamine groups is 1. The summed E-state index contributed by atoms with van der Waals surface area (Å²) in [5, 5.41) is 13.3. The minimum absolute atomic E-state index is 0.427. The first kappa shape index (κ1) is 20.3. The van der Waals surface area contributed by atoms with Crippen molar-refractivity contribution in [1.82, 2.24) is 20.0 Å². The number of benzene rings is 1. The number of nitrogens with zero attached hydrogens (tertiary/aromatic N) is 3. The molecular formula is C24H28N4O2. The van der Waals surface area contributed by atoms with Gasteiger partial charge in [0, 0.05) is 30.4 Å². The van der Waals surface area contributed by atoms with Crippen LogP contribution >= 0.6 is 0 Å². The Morgan fingerprint density at radius 2 is 2.10 bits per heavy atom. The van der Waals surface area contributed by atoms with E-state index in [1.807, 2.05) is 28.9 Å². The van der Waals surface area contributed by atoms with Crippen molar-refractivity contribution in [2.24, 2.45) is 0 Å². The average Bonchev–Trinajstić information content (AvgIpc) is 3.40. The molecule has 1 aliphatic rings. The first-order chi connectivity index (χ1) is 14.7. The van der Waals surface area contributed by atoms with Crippen molar-refractivity contribution in [3.63, 3.8) is 0 Å². The molecule has 0 saturated carbocycles. The maximum absolute atomic E-state index is 11.1. The van der Waals surface area contributed by atoms with Crippen molar-refractivity contribution in [2.45, 2.75) is 38.6 Å². The zero-order valence-electron chi connectivity index (χ0n) is 17.3. The summed E-state index contributed by atoms with van der Waals surface area (Å²) in [6.07, 6.45) is 9.36. The van der Waals surface area contributed by atoms with Gasteiger partial charge in [-0.15, -0.1) is 0 Å². The highest BCUT2D eigenvalue weighted by Gasteiger charge is 2.26. The number of amides is 1. The average molecular weight is 405 g/mol. The summed E-state index contributed by atoms with van der Waals surface area (Å²) in [5.74, 6) is -0.528. The Morgan fingerprint density at radius 3 is 2.87 bits per heavy atom. The molecule has 1 fully saturated rings. The number of rotatable bonds is 7. The van der Waals surface area contributed by atoms with Crippen LogP contribution in [0.15, 0.2) is 54.7 Å². The number of aromatic nitrogens is 2. The van der Waals surface area contributed by atoms with Gasteiger partial charge in [0.1, 0.15) is 0 Å². The van der Waals surface area contributed by atoms with E-state index in [-0.39, 0.29) is 0 Å². The van der Waals surface area contributed by atoms with Crippen LogP contribution in [0, 0.1) is 0 Å². The molecule has 0 spiro atoms. The molecule has 156 valence electrons. The zero-order chi connectivity index (χ0) is 20.9. The van der Waals surface area contributed by atoms with E-state index < -0.39 is 5.91 Å². The molecular weight excluding hydrogens is 376 g/mol. The maximum atomic E-state index is 11.1. The topological polar surface area (TPSA) is 69.9 Å². The van der Waals surface area contributed by atoms with Gasteiger partial charge in [-0.3, -0.25) is 14.9 Å². The van der Waals surface area contributed by atoms with E-state index in [0.717, 1.165) is 37.9 Å². The van der Waals surface area contributed by atoms with Gasteiger partial charge in [0.2, 0.25) is 0 Å². The minimum atomic E-state index is -0.528. The normalized spacial score (nSPS) is 17.2. The van der Waals surface area contributed by atoms with Crippen molar-refractivity contribution in [2.75, 3.05) is 13.1 Å². The number of hydrogen-bond donors (Lipinski definition) is 2. The molecule has 0 bridgehead atoms. The Kier molecular flexibility index (Phi) is 6.26. The van der Waals surface area contributed by atoms with Gasteiger partial charge in [0.05, 0.1) is 11.2 Å². The molecule has 1 aromatic carbocycles. The Hall–Kier alpha value is -2.96. The standard InChI is InChI=1S/C24H28N4O2/c1-2-21-20(23-6-3-4-16-28(23)25-21)14-17-27-15-5-7-22(27)19-11-8-18(9-12-19)10-13-24(29)26-30/h3-4,6,8-13,16,22,30H,2,5,7,14-15,17H2,1H3,(H,26,29)/t22-/m0/s1. The van der Waals surface area contributed by atoms with Crippen LogP contribution in [0.2, 0.25) is 0 Å². The smallest absolute Gasteiger partial charge is 0.267 e. The van der Waals surface area contributed by atoms with E-state index >= 15 is 0 Å². The number of hydrogen-bond acceptors (Lipinski definition) is 4. The van der Waals surface area contributed by atoms with Crippen molar-refractivity contribution in [3.8, 4) is 0 Å². The van der Waals surface area contributed by atoms with Gasteiger partial charge in [0.25, 0.3) is 5.91 Å². The third kappa shape index (κ3) is 4.30. The summed E-state index contributed by atoms with van der Waals surface area (Å²) in [4.78, 5) is 13.7. The highest BCUT2D eigenvalue weighted by Crippen LogP contribution is 2.32. The number of aryl methyl sites for hydroxylation is 1. The first-order valence-corrected chi connectivity index (χ1v) is 10.6. The Bertz CT molecular complexity index is 1040. The second kappa shape index (κ2) is 9.24. The van der Waals surface area contributed by atoms with Crippen molar-refractivity contribution < 1.29 is 10.0 Å². The third-order valence-corrected chi connectivity index (χ3v) is 5.93. The molecule has 30 heavy (non-hydrogen) atoms. The van der Waals surface area contributed by atoms with Crippen LogP contribution in [-0.2, 0) is 17.6 Å². The van der Waals surface area contributed by atoms with Gasteiger partial charge in [-0.2, -0.15) is 5.10 Å². The zero-order valence-corrected chi connectivity index (χ0v) is 17.3. The minimum Gasteiger partial charge on any atom is -0.296 e. The third-order valence-electron chi connectivity index (χ3n) is 5.93. The van der Waals surface area contributed by atoms with E-state index in [1.165, 1.54) is 34.8 Å². The molecule has 1 aliphatic heterocycles. The number of fused-ring (bicyclic) bond motifs is 1. The molecule has 2 N–H and O–H groups in total. The number of nitrogens with one attached hydrogen (secondary N) is 1. The second-order valence-electron chi connectivity index (χ2n) is 7.73. The van der Waals surface area contributed by atoms with E-state index in [2.05, 4.69) is 36.1 Å². The number of carbonyl (C=O) groups excluding carboxylic acids is 1. The summed E-state index contributed by atoms with van der Waals surface area (Å²) in [7, 11) is 0. The summed E-state index contributed by atoms with van der Waals surface area (Å²) in [5.41, 5.74) is 7.63. The molecule has 1 amide bonds. The van der Waals surface area contributed by atoms with Crippen LogP contribution in [0.1, 0.15) is 48.2 Å². The Labute approximate surface area is 176 Å². The fraction of sp³-hybridized carbons (Fsp3) is 0.333. The molecule has 0 radical (unpaired) electrons. The predicted octanol–water partition coefficient (Wildman–Crippen LogP) is 3.79. The molecule has 2 aromatic heterocycles. The highest BCUT2D eigenvalue weighted by atomic mass is 16.5. The lowest BCUT2D eigenvalue weighted by Gasteiger charge is -2.25. The van der Waals surface area contributed by atoms with Gasteiger partial charge < -0.3 is 0 Å². The van der Waals surface area contributed by atoms with Crippen LogP contribution in [0.25, 0.3) is 11.6 Å². The molecule has 0 unspecified atom stereocenters. The quantitative estimate of drug-likeness (QED) is 0.357. The molecule has 3 heterocycles. The van der Waals surface area contributed by atoms with Crippen LogP contribution < -0.4 is 5.48 Å². The lowest BCUT2D eigenvalue weighted by atomic mass is 10.0. The van der Waals surface area contributed by atoms with Gasteiger partial charge in [0.15, 0.2) is 0 Å². The van der Waals surface area contributed by atoms with Crippen molar-refractivity contribution >= 4 is 17.5 Å². The molecule has 6 nitrogen and oxygen atoms in total. The number of pyridine rings is 1. The summed E-state index contributed by atoms with van der Waals surface area (Å²) >= 11 is 0. The van der Waals surface area contributed by atoms with Crippen LogP contribution in [0.3, 0.4) is 0 Å². The van der Waals surface area contributed by atoms with Gasteiger partial charge in [-0.05, 0) is 61.6 Å². The summed E-state index contributed by atoms with van der Waals surface area (Å²) < 4.78 is 2.00. The molecule has 4 rings (SSSR count). The maximum Gasteiger partial charge on any atom is 0.267 e. The highest BCUT2D eigenvalue weighted by molar-refractivity contribution is 5.90. The van der Waals surface area contributed by atoms with Gasteiger partial charge in [-0.25, -0.2) is 10.00 Å². The summed E-state index contributed by atoms with van der Waals surface area (Å²) in [6.45, 7) is 4.31. The van der Waals surface area contributed by atoms with Gasteiger partial charge in [-0.1, -0.05) is 37.3 Å². The fourth-order valence-electron chi connectivity index (χ4n) is 4.42. The Morgan fingerprint density at radius 1 is 1.27 bits per heavy atom. The molecule has 0 aliphatic carbocycles. The predicted molar refractivity (Wildman–Crippen MR) is 117 cm³/mol. The largest absolute Gasteiger partial charge is 0.296 e. The fourth-order valence-corrected chi connectivity index (χ4v) is 4.42. The summed E-state index contributed by atoms with van der Waals surface area (Å²) in [6, 6.07) is 15.0. The lowest BCUT2D eigenvalue weighted by Crippen LogP contribution is -2.26. The van der Waals surface area contributed by atoms with Crippen LogP contribution in [0.4, 0.5) is 0 Å². The molecule has 1 saturated heterocycles. The lowest BCUT2D eigenvalue weighted by molar-refractivity contribution is -0.124. The number of likely N-dealkylation sites (tertiary alicyclic amines) is 1. The van der Waals surface area contributed by atoms with Crippen molar-refractivity contribution in [1.29, 1.82) is 0 Å². The molecule has 6 heteroatoms. The van der Waals surface area contributed by atoms with Crippen LogP contribution in [0.5, 0.6) is 0 Å². The first-order valence-electron chi connectivity index (χ1n) is 10.6.